The number of aromatic nitrogens is 5. The maximum atomic E-state index is 11.8. The second-order valence-corrected chi connectivity index (χ2v) is 10.4. The Kier molecular flexibility index (Phi) is 8.38. The van der Waals surface area contributed by atoms with Crippen molar-refractivity contribution in [3.63, 3.8) is 0 Å². The first-order valence-electron chi connectivity index (χ1n) is 13.5. The van der Waals surface area contributed by atoms with Crippen molar-refractivity contribution in [2.45, 2.75) is 63.1 Å². The fraction of sp³-hybridized carbons (Fsp3) is 0.615. The molecular formula is C26H37FN8O3. The van der Waals surface area contributed by atoms with E-state index in [9.17, 15) is 9.18 Å². The zero-order chi connectivity index (χ0) is 26.4. The molecule has 2 saturated heterocycles. The molecular weight excluding hydrogens is 491 g/mol. The number of rotatable bonds is 5. The van der Waals surface area contributed by atoms with Gasteiger partial charge in [0.2, 0.25) is 0 Å². The summed E-state index contributed by atoms with van der Waals surface area (Å²) in [6.45, 7) is 5.31. The minimum absolute atomic E-state index is 0.164. The summed E-state index contributed by atoms with van der Waals surface area (Å²) >= 11 is 0. The van der Waals surface area contributed by atoms with Crippen molar-refractivity contribution in [3.05, 3.63) is 36.4 Å². The number of halogens is 1. The minimum Gasteiger partial charge on any atom is -0.450 e. The van der Waals surface area contributed by atoms with Gasteiger partial charge in [-0.3, -0.25) is 5.10 Å². The van der Waals surface area contributed by atoms with Crippen LogP contribution in [0.2, 0.25) is 0 Å². The molecule has 206 valence electrons. The van der Waals surface area contributed by atoms with Crippen molar-refractivity contribution in [1.82, 2.24) is 35.4 Å². The number of nitrogens with one attached hydrogen (secondary N) is 4. The van der Waals surface area contributed by atoms with Crippen molar-refractivity contribution in [2.24, 2.45) is 5.92 Å². The molecule has 0 aromatic carbocycles. The fourth-order valence-electron chi connectivity index (χ4n) is 5.33. The van der Waals surface area contributed by atoms with Crippen molar-refractivity contribution >= 4 is 23.2 Å². The summed E-state index contributed by atoms with van der Waals surface area (Å²) in [4.78, 5) is 15.8. The lowest BCUT2D eigenvalue weighted by atomic mass is 9.50. The monoisotopic (exact) mass is 528 g/mol. The highest BCUT2D eigenvalue weighted by atomic mass is 19.1. The summed E-state index contributed by atoms with van der Waals surface area (Å²) in [5.74, 6) is 3.03. The molecule has 5 fully saturated rings. The number of nitrogens with zero attached hydrogens (tertiary/aromatic N) is 4. The highest BCUT2D eigenvalue weighted by Crippen LogP contribution is 2.56. The van der Waals surface area contributed by atoms with Gasteiger partial charge in [0.15, 0.2) is 5.82 Å². The average Bonchev–Trinajstić information content (AvgIpc) is 3.66. The molecule has 3 aliphatic carbocycles. The first-order valence-corrected chi connectivity index (χ1v) is 13.5. The normalized spacial score (nSPS) is 25.6. The number of carbonyl (C=O) groups is 1. The number of hydrogen-bond donors (Lipinski definition) is 4. The highest BCUT2D eigenvalue weighted by Gasteiger charge is 2.57. The molecule has 5 heterocycles. The highest BCUT2D eigenvalue weighted by molar-refractivity contribution is 5.71. The van der Waals surface area contributed by atoms with Crippen LogP contribution in [0.3, 0.4) is 0 Å². The molecule has 8 rings (SSSR count). The summed E-state index contributed by atoms with van der Waals surface area (Å²) in [7, 11) is 0. The number of alkyl carbamates (subject to hydrolysis) is 1. The van der Waals surface area contributed by atoms with Crippen LogP contribution in [0.1, 0.15) is 57.1 Å². The zero-order valence-electron chi connectivity index (χ0n) is 21.8. The Balaban J connectivity index is 0.000000143. The van der Waals surface area contributed by atoms with E-state index in [4.69, 9.17) is 9.72 Å². The van der Waals surface area contributed by atoms with Gasteiger partial charge in [0.25, 0.3) is 0 Å². The Labute approximate surface area is 221 Å². The number of carbonyl (C=O) groups excluding carboxylic acids is 1. The van der Waals surface area contributed by atoms with E-state index in [2.05, 4.69) is 36.0 Å². The number of amides is 1. The zero-order valence-corrected chi connectivity index (χ0v) is 21.8. The smallest absolute Gasteiger partial charge is 0.407 e. The molecule has 1 atom stereocenters. The SMILES string of the molecule is CCOC(=O)NC12CC(C1)C2.FC1CCOC1.c1cc(Nc2nc(C3CCNCC3)cn3nccc23)[nH]n1. The molecule has 3 aromatic heterocycles. The molecule has 4 N–H and O–H groups in total. The topological polar surface area (TPSA) is 130 Å². The molecule has 5 aliphatic rings. The third-order valence-corrected chi connectivity index (χ3v) is 7.47. The van der Waals surface area contributed by atoms with Crippen LogP contribution in [0.4, 0.5) is 20.8 Å². The van der Waals surface area contributed by atoms with Gasteiger partial charge in [-0.15, -0.1) is 0 Å². The molecule has 38 heavy (non-hydrogen) atoms. The van der Waals surface area contributed by atoms with Crippen LogP contribution in [0.25, 0.3) is 5.52 Å². The van der Waals surface area contributed by atoms with E-state index < -0.39 is 6.17 Å². The third kappa shape index (κ3) is 6.41. The van der Waals surface area contributed by atoms with Gasteiger partial charge in [-0.2, -0.15) is 10.2 Å². The molecule has 11 nitrogen and oxygen atoms in total. The maximum Gasteiger partial charge on any atom is 0.407 e. The molecule has 0 radical (unpaired) electrons. The number of anilines is 2. The first kappa shape index (κ1) is 26.4. The van der Waals surface area contributed by atoms with Crippen LogP contribution in [0.5, 0.6) is 0 Å². The van der Waals surface area contributed by atoms with Crippen LogP contribution in [0.15, 0.2) is 30.7 Å². The molecule has 2 bridgehead atoms. The fourth-order valence-corrected chi connectivity index (χ4v) is 5.33. The Morgan fingerprint density at radius 2 is 2.05 bits per heavy atom. The molecule has 2 aliphatic heterocycles. The lowest BCUT2D eigenvalue weighted by molar-refractivity contribution is -0.0474. The van der Waals surface area contributed by atoms with Crippen LogP contribution in [-0.4, -0.2) is 75.5 Å². The van der Waals surface area contributed by atoms with E-state index >= 15 is 0 Å². The van der Waals surface area contributed by atoms with Crippen molar-refractivity contribution < 1.29 is 18.7 Å². The molecule has 0 spiro atoms. The average molecular weight is 529 g/mol. The van der Waals surface area contributed by atoms with Crippen molar-refractivity contribution in [2.75, 3.05) is 38.2 Å². The van der Waals surface area contributed by atoms with E-state index in [1.165, 1.54) is 19.3 Å². The summed E-state index contributed by atoms with van der Waals surface area (Å²) in [6, 6.07) is 3.84. The number of ether oxygens (including phenoxy) is 2. The Bertz CT molecular complexity index is 1160. The van der Waals surface area contributed by atoms with E-state index in [1.54, 1.807) is 12.4 Å². The molecule has 3 aromatic rings. The summed E-state index contributed by atoms with van der Waals surface area (Å²) in [5.41, 5.74) is 2.22. The van der Waals surface area contributed by atoms with Gasteiger partial charge in [-0.05, 0) is 64.1 Å². The molecule has 1 amide bonds. The van der Waals surface area contributed by atoms with Crippen molar-refractivity contribution in [1.29, 1.82) is 0 Å². The summed E-state index contributed by atoms with van der Waals surface area (Å²) in [5, 5.41) is 20.8. The van der Waals surface area contributed by atoms with Crippen LogP contribution in [0, 0.1) is 5.92 Å². The maximum absolute atomic E-state index is 11.8. The lowest BCUT2D eigenvalue weighted by Gasteiger charge is -2.61. The Morgan fingerprint density at radius 3 is 2.63 bits per heavy atom. The van der Waals surface area contributed by atoms with Gasteiger partial charge in [-0.25, -0.2) is 18.7 Å². The van der Waals surface area contributed by atoms with E-state index in [0.29, 0.717) is 32.2 Å². The third-order valence-electron chi connectivity index (χ3n) is 7.47. The van der Waals surface area contributed by atoms with Crippen LogP contribution in [-0.2, 0) is 9.47 Å². The summed E-state index contributed by atoms with van der Waals surface area (Å²) < 4.78 is 23.2. The predicted molar refractivity (Wildman–Crippen MR) is 140 cm³/mol. The number of H-pyrrole nitrogens is 1. The lowest BCUT2D eigenvalue weighted by Crippen LogP contribution is -2.68. The second-order valence-electron chi connectivity index (χ2n) is 10.4. The minimum atomic E-state index is -0.676. The molecule has 1 unspecified atom stereocenters. The van der Waals surface area contributed by atoms with E-state index in [-0.39, 0.29) is 11.6 Å². The quantitative estimate of drug-likeness (QED) is 0.395. The summed E-state index contributed by atoms with van der Waals surface area (Å²) in [6.07, 6.45) is 11.0. The van der Waals surface area contributed by atoms with Gasteiger partial charge in [0.1, 0.15) is 17.5 Å². The van der Waals surface area contributed by atoms with E-state index in [0.717, 1.165) is 54.7 Å². The van der Waals surface area contributed by atoms with Gasteiger partial charge in [0.05, 0.1) is 37.5 Å². The number of alkyl halides is 1. The molecule has 12 heteroatoms. The van der Waals surface area contributed by atoms with Gasteiger partial charge in [0, 0.05) is 30.6 Å². The predicted octanol–water partition coefficient (Wildman–Crippen LogP) is 3.69. The number of aromatic amines is 1. The van der Waals surface area contributed by atoms with Gasteiger partial charge in [-0.1, -0.05) is 0 Å². The second kappa shape index (κ2) is 12.1. The standard InChI is InChI=1S/C14H17N7.C8H13NO2.C4H7FO/c1-5-15-6-2-10(1)11-9-21-12(3-8-17-21)14(18-11)19-13-4-7-16-20-13;1-2-11-7(10)9-8-3-6(4-8)5-8;5-4-1-2-6-3-4/h3-4,7-10,15H,1-2,5-6H2,(H2,16,18,19,20);6H,2-5H2,1H3,(H,9,10);4H,1-3H2. The largest absolute Gasteiger partial charge is 0.450 e. The number of piperidine rings is 1. The Hall–Kier alpha value is -3.25. The Morgan fingerprint density at radius 1 is 1.24 bits per heavy atom. The van der Waals surface area contributed by atoms with E-state index in [1.807, 2.05) is 29.8 Å². The van der Waals surface area contributed by atoms with Crippen LogP contribution < -0.4 is 16.0 Å². The molecule has 3 saturated carbocycles. The number of hydrogen-bond acceptors (Lipinski definition) is 8. The van der Waals surface area contributed by atoms with Crippen molar-refractivity contribution in [3.8, 4) is 0 Å². The first-order chi connectivity index (χ1) is 18.5. The number of fused-ring (bicyclic) bond motifs is 1. The van der Waals surface area contributed by atoms with Gasteiger partial charge < -0.3 is 25.4 Å². The van der Waals surface area contributed by atoms with Crippen LogP contribution >= 0.6 is 0 Å². The van der Waals surface area contributed by atoms with Gasteiger partial charge >= 0.3 is 6.09 Å².